The van der Waals surface area contributed by atoms with Crippen molar-refractivity contribution in [3.63, 3.8) is 0 Å². The molecule has 0 bridgehead atoms. The molecule has 128 valence electrons. The van der Waals surface area contributed by atoms with E-state index >= 15 is 0 Å². The molecule has 0 saturated heterocycles. The summed E-state index contributed by atoms with van der Waals surface area (Å²) in [5.41, 5.74) is -2.01. The third-order valence-electron chi connectivity index (χ3n) is 1.50. The van der Waals surface area contributed by atoms with E-state index in [9.17, 15) is 0 Å². The van der Waals surface area contributed by atoms with Gasteiger partial charge in [0.25, 0.3) is 0 Å². The number of rotatable bonds is 1. The highest BCUT2D eigenvalue weighted by molar-refractivity contribution is 6.30. The van der Waals surface area contributed by atoms with E-state index in [4.69, 9.17) is 25.3 Å². The first-order chi connectivity index (χ1) is 9.22. The molecule has 0 aliphatic rings. The molecule has 0 aliphatic carbocycles. The molecule has 0 unspecified atom stereocenters. The zero-order chi connectivity index (χ0) is 18.7. The molecular weight excluding hydrogens is 271 g/mol. The first kappa shape index (κ1) is 32.1. The van der Waals surface area contributed by atoms with Crippen LogP contribution in [0.2, 0.25) is 0 Å². The zero-order valence-electron chi connectivity index (χ0n) is 14.7. The van der Waals surface area contributed by atoms with Gasteiger partial charge in [-0.25, -0.2) is 0 Å². The average Bonchev–Trinajstić information content (AvgIpc) is 2.16. The molecule has 0 fully saturated rings. The van der Waals surface area contributed by atoms with Gasteiger partial charge in [-0.2, -0.15) is 0 Å². The van der Waals surface area contributed by atoms with Gasteiger partial charge in [0, 0.05) is 0 Å². The van der Waals surface area contributed by atoms with Crippen LogP contribution in [0.15, 0.2) is 38.0 Å². The smallest absolute Gasteiger partial charge is 0.402 e. The van der Waals surface area contributed by atoms with Crippen LogP contribution in [-0.2, 0) is 0 Å². The third kappa shape index (κ3) is 85.2. The van der Waals surface area contributed by atoms with Gasteiger partial charge in [0.2, 0.25) is 0 Å². The van der Waals surface area contributed by atoms with Gasteiger partial charge in [0.15, 0.2) is 0 Å². The average molecular weight is 306 g/mol. The van der Waals surface area contributed by atoms with Crippen molar-refractivity contribution in [1.82, 2.24) is 0 Å². The van der Waals surface area contributed by atoms with Gasteiger partial charge in [0.1, 0.15) is 0 Å². The van der Waals surface area contributed by atoms with Gasteiger partial charge < -0.3 is 25.3 Å². The SMILES string of the molecule is C=CC.C=CC.C=CC.CC(C)(O)C(C)(C)O.OB(O)O. The number of hydrogen-bond donors (Lipinski definition) is 5. The zero-order valence-corrected chi connectivity index (χ0v) is 14.7. The fourth-order valence-corrected chi connectivity index (χ4v) is 0. The van der Waals surface area contributed by atoms with Crippen LogP contribution in [0.1, 0.15) is 48.5 Å². The fourth-order valence-electron chi connectivity index (χ4n) is 0. The Labute approximate surface area is 131 Å². The van der Waals surface area contributed by atoms with Crippen molar-refractivity contribution in [1.29, 1.82) is 0 Å². The second-order valence-corrected chi connectivity index (χ2v) is 4.69. The highest BCUT2D eigenvalue weighted by atomic mass is 16.5. The molecule has 0 rings (SSSR count). The normalized spacial score (nSPS) is 8.57. The molecule has 5 N–H and O–H groups in total. The largest absolute Gasteiger partial charge is 0.631 e. The quantitative estimate of drug-likeness (QED) is 0.377. The Kier molecular flexibility index (Phi) is 32.7. The lowest BCUT2D eigenvalue weighted by Gasteiger charge is -2.31. The van der Waals surface area contributed by atoms with E-state index in [1.165, 1.54) is 0 Å². The standard InChI is InChI=1S/C6H14O2.3C3H6.BH3O3/c1-5(2,7)6(3,4)8;3*1-3-2;2-1(3)4/h7-8H,1-4H3;3*3H,1H2,2H3;2-4H. The lowest BCUT2D eigenvalue weighted by Crippen LogP contribution is -2.44. The van der Waals surface area contributed by atoms with Crippen LogP contribution in [0.25, 0.3) is 0 Å². The van der Waals surface area contributed by atoms with E-state index in [2.05, 4.69) is 19.7 Å². The van der Waals surface area contributed by atoms with Crippen molar-refractivity contribution in [2.75, 3.05) is 0 Å². The van der Waals surface area contributed by atoms with Crippen molar-refractivity contribution in [3.8, 4) is 0 Å². The molecule has 6 heteroatoms. The van der Waals surface area contributed by atoms with Crippen LogP contribution in [0.5, 0.6) is 0 Å². The fraction of sp³-hybridized carbons (Fsp3) is 0.600. The molecule has 0 aromatic rings. The number of hydrogen-bond acceptors (Lipinski definition) is 5. The van der Waals surface area contributed by atoms with E-state index < -0.39 is 18.5 Å². The Morgan fingerprint density at radius 3 is 0.714 bits per heavy atom. The maximum Gasteiger partial charge on any atom is 0.631 e. The van der Waals surface area contributed by atoms with Gasteiger partial charge >= 0.3 is 7.32 Å². The van der Waals surface area contributed by atoms with Crippen molar-refractivity contribution in [2.24, 2.45) is 0 Å². The Balaban J connectivity index is -0.0000000559. The summed E-state index contributed by atoms with van der Waals surface area (Å²) in [6, 6.07) is 0. The summed E-state index contributed by atoms with van der Waals surface area (Å²) >= 11 is 0. The van der Waals surface area contributed by atoms with E-state index in [1.807, 2.05) is 20.8 Å². The Morgan fingerprint density at radius 1 is 0.667 bits per heavy atom. The van der Waals surface area contributed by atoms with Gasteiger partial charge in [-0.15, -0.1) is 19.7 Å². The maximum atomic E-state index is 9.10. The summed E-state index contributed by atoms with van der Waals surface area (Å²) in [5, 5.41) is 39.7. The summed E-state index contributed by atoms with van der Waals surface area (Å²) < 4.78 is 0. The van der Waals surface area contributed by atoms with Crippen LogP contribution in [0, 0.1) is 0 Å². The Hall–Kier alpha value is -0.915. The van der Waals surface area contributed by atoms with Crippen LogP contribution in [-0.4, -0.2) is 43.8 Å². The molecule has 0 aromatic carbocycles. The maximum absolute atomic E-state index is 9.10. The molecule has 0 aliphatic heterocycles. The lowest BCUT2D eigenvalue weighted by atomic mass is 9.90. The first-order valence-electron chi connectivity index (χ1n) is 6.43. The molecule has 0 spiro atoms. The lowest BCUT2D eigenvalue weighted by molar-refractivity contribution is -0.107. The molecule has 0 saturated carbocycles. The molecule has 5 nitrogen and oxygen atoms in total. The van der Waals surface area contributed by atoms with Crippen molar-refractivity contribution < 1.29 is 25.3 Å². The predicted molar refractivity (Wildman–Crippen MR) is 92.6 cm³/mol. The highest BCUT2D eigenvalue weighted by Crippen LogP contribution is 2.19. The van der Waals surface area contributed by atoms with E-state index in [0.29, 0.717) is 0 Å². The van der Waals surface area contributed by atoms with E-state index in [1.54, 1.807) is 45.9 Å². The second kappa shape index (κ2) is 21.4. The summed E-state index contributed by atoms with van der Waals surface area (Å²) in [5.74, 6) is 0. The van der Waals surface area contributed by atoms with Gasteiger partial charge in [-0.05, 0) is 48.5 Å². The third-order valence-corrected chi connectivity index (χ3v) is 1.50. The van der Waals surface area contributed by atoms with Gasteiger partial charge in [-0.3, -0.25) is 0 Å². The van der Waals surface area contributed by atoms with Crippen molar-refractivity contribution in [2.45, 2.75) is 59.7 Å². The number of aliphatic hydroxyl groups is 2. The van der Waals surface area contributed by atoms with Crippen LogP contribution < -0.4 is 0 Å². The van der Waals surface area contributed by atoms with Gasteiger partial charge in [-0.1, -0.05) is 18.2 Å². The number of allylic oxidation sites excluding steroid dienone is 3. The van der Waals surface area contributed by atoms with Crippen LogP contribution >= 0.6 is 0 Å². The Bertz CT molecular complexity index is 186. The monoisotopic (exact) mass is 306 g/mol. The molecule has 21 heavy (non-hydrogen) atoms. The van der Waals surface area contributed by atoms with E-state index in [0.717, 1.165) is 0 Å². The van der Waals surface area contributed by atoms with Gasteiger partial charge in [0.05, 0.1) is 11.2 Å². The molecule has 0 radical (unpaired) electrons. The minimum Gasteiger partial charge on any atom is -0.402 e. The molecule has 0 aromatic heterocycles. The minimum absolute atomic E-state index is 1.01. The van der Waals surface area contributed by atoms with Crippen LogP contribution in [0.4, 0.5) is 0 Å². The summed E-state index contributed by atoms with van der Waals surface area (Å²) in [6.45, 7) is 22.1. The summed E-state index contributed by atoms with van der Waals surface area (Å²) in [7, 11) is -2.17. The topological polar surface area (TPSA) is 101 Å². The van der Waals surface area contributed by atoms with Crippen molar-refractivity contribution >= 4 is 7.32 Å². The second-order valence-electron chi connectivity index (χ2n) is 4.69. The molecular formula is C15H35BO5. The molecule has 0 amide bonds. The molecule has 0 heterocycles. The predicted octanol–water partition coefficient (Wildman–Crippen LogP) is 2.05. The first-order valence-corrected chi connectivity index (χ1v) is 6.43. The summed E-state index contributed by atoms with van der Waals surface area (Å²) in [4.78, 5) is 0. The van der Waals surface area contributed by atoms with E-state index in [-0.39, 0.29) is 0 Å². The molecule has 0 atom stereocenters. The summed E-state index contributed by atoms with van der Waals surface area (Å²) in [6.07, 6.45) is 5.25. The highest BCUT2D eigenvalue weighted by Gasteiger charge is 2.31. The minimum atomic E-state index is -2.17. The van der Waals surface area contributed by atoms with Crippen LogP contribution in [0.3, 0.4) is 0 Å². The Morgan fingerprint density at radius 2 is 0.714 bits per heavy atom. The van der Waals surface area contributed by atoms with Crippen molar-refractivity contribution in [3.05, 3.63) is 38.0 Å².